The Kier molecular flexibility index (Phi) is 3.77. The molecular formula is C13H16N4. The number of nitrogens with one attached hydrogen (secondary N) is 1. The van der Waals surface area contributed by atoms with E-state index in [9.17, 15) is 0 Å². The molecule has 2 aromatic heterocycles. The van der Waals surface area contributed by atoms with Crippen LogP contribution in [0.2, 0.25) is 0 Å². The van der Waals surface area contributed by atoms with E-state index in [0.717, 1.165) is 23.6 Å². The summed E-state index contributed by atoms with van der Waals surface area (Å²) in [5.41, 5.74) is 4.10. The molecule has 0 radical (unpaired) electrons. The van der Waals surface area contributed by atoms with Crippen LogP contribution in [0.5, 0.6) is 0 Å². The highest BCUT2D eigenvalue weighted by molar-refractivity contribution is 5.12. The van der Waals surface area contributed by atoms with Gasteiger partial charge >= 0.3 is 0 Å². The van der Waals surface area contributed by atoms with Gasteiger partial charge in [-0.05, 0) is 25.5 Å². The standard InChI is InChI=1S/C13H16N4/c1-10-3-4-12(16-5-10)7-14-8-13-9-15-11(2)6-17-13/h3-6,9,14H,7-8H2,1-2H3. The van der Waals surface area contributed by atoms with Gasteiger partial charge in [-0.15, -0.1) is 0 Å². The molecule has 88 valence electrons. The summed E-state index contributed by atoms with van der Waals surface area (Å²) >= 11 is 0. The first-order valence-electron chi connectivity index (χ1n) is 5.64. The lowest BCUT2D eigenvalue weighted by atomic mass is 10.3. The van der Waals surface area contributed by atoms with Crippen molar-refractivity contribution in [2.24, 2.45) is 0 Å². The molecule has 2 heterocycles. The number of rotatable bonds is 4. The first kappa shape index (κ1) is 11.7. The van der Waals surface area contributed by atoms with Crippen molar-refractivity contribution in [3.8, 4) is 0 Å². The summed E-state index contributed by atoms with van der Waals surface area (Å²) in [7, 11) is 0. The minimum Gasteiger partial charge on any atom is -0.305 e. The maximum atomic E-state index is 4.33. The zero-order valence-electron chi connectivity index (χ0n) is 10.1. The molecule has 0 fully saturated rings. The van der Waals surface area contributed by atoms with Gasteiger partial charge in [0.2, 0.25) is 0 Å². The van der Waals surface area contributed by atoms with E-state index in [1.807, 2.05) is 26.1 Å². The Bertz CT molecular complexity index is 416. The van der Waals surface area contributed by atoms with E-state index in [1.165, 1.54) is 5.56 Å². The predicted octanol–water partition coefficient (Wildman–Crippen LogP) is 1.78. The van der Waals surface area contributed by atoms with Gasteiger partial charge in [-0.1, -0.05) is 6.07 Å². The van der Waals surface area contributed by atoms with Gasteiger partial charge in [-0.2, -0.15) is 0 Å². The molecule has 0 aromatic carbocycles. The summed E-state index contributed by atoms with van der Waals surface area (Å²) in [6.45, 7) is 5.42. The van der Waals surface area contributed by atoms with Gasteiger partial charge in [-0.3, -0.25) is 15.0 Å². The Hall–Kier alpha value is -1.81. The highest BCUT2D eigenvalue weighted by atomic mass is 14.9. The van der Waals surface area contributed by atoms with Crippen LogP contribution in [0.3, 0.4) is 0 Å². The summed E-state index contributed by atoms with van der Waals surface area (Å²) in [5, 5.41) is 3.29. The fraction of sp³-hybridized carbons (Fsp3) is 0.308. The highest BCUT2D eigenvalue weighted by Crippen LogP contribution is 1.99. The molecular weight excluding hydrogens is 212 g/mol. The molecule has 0 aliphatic carbocycles. The minimum atomic E-state index is 0.711. The van der Waals surface area contributed by atoms with Gasteiger partial charge in [0, 0.05) is 31.7 Å². The van der Waals surface area contributed by atoms with Gasteiger partial charge in [-0.25, -0.2) is 0 Å². The van der Waals surface area contributed by atoms with E-state index >= 15 is 0 Å². The third kappa shape index (κ3) is 3.60. The van der Waals surface area contributed by atoms with E-state index in [1.54, 1.807) is 12.4 Å². The first-order chi connectivity index (χ1) is 8.24. The first-order valence-corrected chi connectivity index (χ1v) is 5.64. The lowest BCUT2D eigenvalue weighted by Gasteiger charge is -2.04. The Labute approximate surface area is 101 Å². The maximum Gasteiger partial charge on any atom is 0.0724 e. The van der Waals surface area contributed by atoms with Crippen molar-refractivity contribution in [3.05, 3.63) is 53.4 Å². The summed E-state index contributed by atoms with van der Waals surface area (Å²) in [5.74, 6) is 0. The zero-order valence-corrected chi connectivity index (χ0v) is 10.1. The van der Waals surface area contributed by atoms with Crippen molar-refractivity contribution in [3.63, 3.8) is 0 Å². The van der Waals surface area contributed by atoms with Crippen LogP contribution >= 0.6 is 0 Å². The molecule has 0 spiro atoms. The zero-order chi connectivity index (χ0) is 12.1. The fourth-order valence-electron chi connectivity index (χ4n) is 1.43. The maximum absolute atomic E-state index is 4.33. The summed E-state index contributed by atoms with van der Waals surface area (Å²) in [6, 6.07) is 4.10. The molecule has 0 aliphatic rings. The third-order valence-electron chi connectivity index (χ3n) is 2.42. The molecule has 0 aliphatic heterocycles. The normalized spacial score (nSPS) is 10.5. The second-order valence-electron chi connectivity index (χ2n) is 4.08. The highest BCUT2D eigenvalue weighted by Gasteiger charge is 1.96. The molecule has 0 atom stereocenters. The smallest absolute Gasteiger partial charge is 0.0724 e. The van der Waals surface area contributed by atoms with Crippen molar-refractivity contribution in [2.45, 2.75) is 26.9 Å². The van der Waals surface area contributed by atoms with E-state index in [2.05, 4.69) is 26.3 Å². The molecule has 4 nitrogen and oxygen atoms in total. The van der Waals surface area contributed by atoms with Gasteiger partial charge in [0.15, 0.2) is 0 Å². The Morgan fingerprint density at radius 3 is 2.29 bits per heavy atom. The average molecular weight is 228 g/mol. The van der Waals surface area contributed by atoms with Crippen LogP contribution in [0.4, 0.5) is 0 Å². The average Bonchev–Trinajstić information content (AvgIpc) is 2.34. The molecule has 0 saturated heterocycles. The third-order valence-corrected chi connectivity index (χ3v) is 2.42. The molecule has 0 amide bonds. The van der Waals surface area contributed by atoms with Gasteiger partial charge < -0.3 is 5.32 Å². The van der Waals surface area contributed by atoms with E-state index in [-0.39, 0.29) is 0 Å². The van der Waals surface area contributed by atoms with Crippen LogP contribution in [-0.4, -0.2) is 15.0 Å². The second kappa shape index (κ2) is 5.50. The Morgan fingerprint density at radius 1 is 0.882 bits per heavy atom. The molecule has 1 N–H and O–H groups in total. The topological polar surface area (TPSA) is 50.7 Å². The van der Waals surface area contributed by atoms with E-state index < -0.39 is 0 Å². The van der Waals surface area contributed by atoms with Crippen molar-refractivity contribution in [1.29, 1.82) is 0 Å². The van der Waals surface area contributed by atoms with Crippen molar-refractivity contribution < 1.29 is 0 Å². The van der Waals surface area contributed by atoms with Crippen LogP contribution < -0.4 is 5.32 Å². The quantitative estimate of drug-likeness (QED) is 0.866. The molecule has 2 aromatic rings. The number of aromatic nitrogens is 3. The lowest BCUT2D eigenvalue weighted by Crippen LogP contribution is -2.14. The van der Waals surface area contributed by atoms with Crippen molar-refractivity contribution in [2.75, 3.05) is 0 Å². The van der Waals surface area contributed by atoms with E-state index in [0.29, 0.717) is 6.54 Å². The number of pyridine rings is 1. The largest absolute Gasteiger partial charge is 0.305 e. The van der Waals surface area contributed by atoms with Gasteiger partial charge in [0.05, 0.1) is 17.1 Å². The van der Waals surface area contributed by atoms with Gasteiger partial charge in [0.1, 0.15) is 0 Å². The lowest BCUT2D eigenvalue weighted by molar-refractivity contribution is 0.664. The number of nitrogens with zero attached hydrogens (tertiary/aromatic N) is 3. The summed E-state index contributed by atoms with van der Waals surface area (Å²) in [4.78, 5) is 12.8. The second-order valence-corrected chi connectivity index (χ2v) is 4.08. The SMILES string of the molecule is Cc1ccc(CNCc2cnc(C)cn2)nc1. The Balaban J connectivity index is 1.83. The predicted molar refractivity (Wildman–Crippen MR) is 66.3 cm³/mol. The number of hydrogen-bond donors (Lipinski definition) is 1. The van der Waals surface area contributed by atoms with E-state index in [4.69, 9.17) is 0 Å². The minimum absolute atomic E-state index is 0.711. The molecule has 2 rings (SSSR count). The number of aryl methyl sites for hydroxylation is 2. The van der Waals surface area contributed by atoms with Crippen LogP contribution in [0.25, 0.3) is 0 Å². The molecule has 0 bridgehead atoms. The molecule has 4 heteroatoms. The van der Waals surface area contributed by atoms with Crippen LogP contribution in [0, 0.1) is 13.8 Å². The van der Waals surface area contributed by atoms with Crippen LogP contribution in [-0.2, 0) is 13.1 Å². The molecule has 0 unspecified atom stereocenters. The van der Waals surface area contributed by atoms with Crippen molar-refractivity contribution >= 4 is 0 Å². The Morgan fingerprint density at radius 2 is 1.65 bits per heavy atom. The summed E-state index contributed by atoms with van der Waals surface area (Å²) < 4.78 is 0. The van der Waals surface area contributed by atoms with Gasteiger partial charge in [0.25, 0.3) is 0 Å². The number of hydrogen-bond acceptors (Lipinski definition) is 4. The van der Waals surface area contributed by atoms with Crippen LogP contribution in [0.1, 0.15) is 22.6 Å². The van der Waals surface area contributed by atoms with Crippen LogP contribution in [0.15, 0.2) is 30.7 Å². The fourth-order valence-corrected chi connectivity index (χ4v) is 1.43. The van der Waals surface area contributed by atoms with Crippen molar-refractivity contribution in [1.82, 2.24) is 20.3 Å². The monoisotopic (exact) mass is 228 g/mol. The molecule has 0 saturated carbocycles. The summed E-state index contributed by atoms with van der Waals surface area (Å²) in [6.07, 6.45) is 5.45. The molecule has 17 heavy (non-hydrogen) atoms.